The van der Waals surface area contributed by atoms with Crippen LogP contribution in [0.2, 0.25) is 0 Å². The van der Waals surface area contributed by atoms with Crippen LogP contribution in [0.15, 0.2) is 0 Å². The molecule has 3 atom stereocenters. The average Bonchev–Trinajstić information content (AvgIpc) is 1.82. The van der Waals surface area contributed by atoms with E-state index in [0.717, 1.165) is 0 Å². The molecule has 1 aliphatic heterocycles. The maximum Gasteiger partial charge on any atom is 0.188 e. The van der Waals surface area contributed by atoms with Gasteiger partial charge in [-0.3, -0.25) is 0 Å². The summed E-state index contributed by atoms with van der Waals surface area (Å²) in [4.78, 5) is -0.622. The number of ether oxygens (including phenoxy) is 1. The van der Waals surface area contributed by atoms with Crippen molar-refractivity contribution in [3.63, 3.8) is 0 Å². The van der Waals surface area contributed by atoms with Crippen LogP contribution in [-0.4, -0.2) is 26.7 Å². The number of hydrogen-bond acceptors (Lipinski definition) is 2. The zero-order chi connectivity index (χ0) is 9.57. The van der Waals surface area contributed by atoms with E-state index in [0.29, 0.717) is 6.42 Å². The molecule has 1 aliphatic rings. The molecular formula is C7H11Cl3O2. The molecule has 0 aromatic heterocycles. The van der Waals surface area contributed by atoms with Crippen LogP contribution in [0.25, 0.3) is 0 Å². The predicted molar refractivity (Wildman–Crippen MR) is 49.9 cm³/mol. The van der Waals surface area contributed by atoms with Crippen LogP contribution in [-0.2, 0) is 4.74 Å². The molecular weight excluding hydrogens is 222 g/mol. The Kier molecular flexibility index (Phi) is 2.88. The van der Waals surface area contributed by atoms with Crippen LogP contribution >= 0.6 is 34.8 Å². The van der Waals surface area contributed by atoms with E-state index in [1.54, 1.807) is 13.8 Å². The van der Waals surface area contributed by atoms with Crippen molar-refractivity contribution in [2.75, 3.05) is 0 Å². The van der Waals surface area contributed by atoms with Gasteiger partial charge in [-0.05, 0) is 13.8 Å². The van der Waals surface area contributed by atoms with E-state index >= 15 is 0 Å². The highest BCUT2D eigenvalue weighted by Crippen LogP contribution is 2.45. The third kappa shape index (κ3) is 1.99. The highest BCUT2D eigenvalue weighted by Gasteiger charge is 2.50. The lowest BCUT2D eigenvalue weighted by molar-refractivity contribution is -0.173. The average molecular weight is 234 g/mol. The lowest BCUT2D eigenvalue weighted by Crippen LogP contribution is -2.52. The summed E-state index contributed by atoms with van der Waals surface area (Å²) in [7, 11) is 0. The maximum atomic E-state index is 9.29. The third-order valence-electron chi connectivity index (χ3n) is 2.12. The van der Waals surface area contributed by atoms with E-state index in [9.17, 15) is 5.11 Å². The van der Waals surface area contributed by atoms with Gasteiger partial charge in [0.15, 0.2) is 10.6 Å². The Morgan fingerprint density at radius 1 is 1.42 bits per heavy atom. The van der Waals surface area contributed by atoms with Crippen molar-refractivity contribution < 1.29 is 9.84 Å². The minimum Gasteiger partial charge on any atom is -0.365 e. The first-order chi connectivity index (χ1) is 5.26. The van der Waals surface area contributed by atoms with E-state index in [1.165, 1.54) is 0 Å². The fourth-order valence-electron chi connectivity index (χ4n) is 1.13. The molecule has 1 N–H and O–H groups in total. The zero-order valence-electron chi connectivity index (χ0n) is 6.85. The Hall–Kier alpha value is 0.790. The van der Waals surface area contributed by atoms with Crippen molar-refractivity contribution in [2.45, 2.75) is 41.9 Å². The summed E-state index contributed by atoms with van der Waals surface area (Å²) >= 11 is 17.6. The van der Waals surface area contributed by atoms with E-state index in [-0.39, 0.29) is 6.10 Å². The van der Waals surface area contributed by atoms with Gasteiger partial charge in [0.2, 0.25) is 0 Å². The number of hydrogen-bond donors (Lipinski definition) is 1. The Balaban J connectivity index is 2.78. The normalized spacial score (nSPS) is 47.5. The van der Waals surface area contributed by atoms with Gasteiger partial charge in [-0.1, -0.05) is 23.2 Å². The molecule has 2 nitrogen and oxygen atoms in total. The highest BCUT2D eigenvalue weighted by atomic mass is 35.5. The van der Waals surface area contributed by atoms with Gasteiger partial charge in [-0.15, -0.1) is 11.6 Å². The van der Waals surface area contributed by atoms with Crippen LogP contribution in [0, 0.1) is 0 Å². The quantitative estimate of drug-likeness (QED) is 0.651. The molecule has 0 bridgehead atoms. The van der Waals surface area contributed by atoms with Crippen LogP contribution in [0.5, 0.6) is 0 Å². The van der Waals surface area contributed by atoms with Crippen molar-refractivity contribution in [1.82, 2.24) is 0 Å². The van der Waals surface area contributed by atoms with E-state index in [2.05, 4.69) is 0 Å². The molecule has 1 rings (SSSR count). The second-order valence-electron chi connectivity index (χ2n) is 3.35. The number of rotatable bonds is 0. The van der Waals surface area contributed by atoms with Gasteiger partial charge >= 0.3 is 0 Å². The van der Waals surface area contributed by atoms with Crippen molar-refractivity contribution in [1.29, 1.82) is 0 Å². The SMILES string of the molecule is CC1OC(O)C(Cl)(Cl)CC1(C)Cl. The molecule has 5 heteroatoms. The molecule has 0 aromatic rings. The minimum atomic E-state index is -1.30. The smallest absolute Gasteiger partial charge is 0.188 e. The summed E-state index contributed by atoms with van der Waals surface area (Å²) in [6.07, 6.45) is -1.13. The molecule has 0 aliphatic carbocycles. The molecule has 0 spiro atoms. The van der Waals surface area contributed by atoms with Crippen molar-refractivity contribution in [3.05, 3.63) is 0 Å². The van der Waals surface area contributed by atoms with Crippen molar-refractivity contribution in [2.24, 2.45) is 0 Å². The molecule has 72 valence electrons. The molecule has 0 amide bonds. The van der Waals surface area contributed by atoms with Gasteiger partial charge in [0.25, 0.3) is 0 Å². The molecule has 1 saturated heterocycles. The second-order valence-corrected chi connectivity index (χ2v) is 5.75. The van der Waals surface area contributed by atoms with Crippen LogP contribution in [0.1, 0.15) is 20.3 Å². The molecule has 0 saturated carbocycles. The summed E-state index contributed by atoms with van der Waals surface area (Å²) in [5.41, 5.74) is 0. The highest BCUT2D eigenvalue weighted by molar-refractivity contribution is 6.49. The lowest BCUT2D eigenvalue weighted by Gasteiger charge is -2.43. The molecule has 0 radical (unpaired) electrons. The molecule has 1 heterocycles. The van der Waals surface area contributed by atoms with Crippen LogP contribution in [0.4, 0.5) is 0 Å². The van der Waals surface area contributed by atoms with E-state index in [1.807, 2.05) is 0 Å². The first-order valence-electron chi connectivity index (χ1n) is 3.66. The van der Waals surface area contributed by atoms with Gasteiger partial charge in [0.05, 0.1) is 11.0 Å². The summed E-state index contributed by atoms with van der Waals surface area (Å²) < 4.78 is 3.77. The molecule has 3 unspecified atom stereocenters. The van der Waals surface area contributed by atoms with E-state index < -0.39 is 15.5 Å². The first kappa shape index (κ1) is 10.9. The van der Waals surface area contributed by atoms with Gasteiger partial charge in [0.1, 0.15) is 0 Å². The van der Waals surface area contributed by atoms with Crippen LogP contribution in [0.3, 0.4) is 0 Å². The number of halogens is 3. The fraction of sp³-hybridized carbons (Fsp3) is 1.00. The number of alkyl halides is 3. The topological polar surface area (TPSA) is 29.5 Å². The Morgan fingerprint density at radius 3 is 2.33 bits per heavy atom. The number of aliphatic hydroxyl groups is 1. The standard InChI is InChI=1S/C7H11Cl3O2/c1-4-6(2,8)3-7(9,10)5(11)12-4/h4-5,11H,3H2,1-2H3. The van der Waals surface area contributed by atoms with Gasteiger partial charge in [-0.2, -0.15) is 0 Å². The number of aliphatic hydroxyl groups excluding tert-OH is 1. The van der Waals surface area contributed by atoms with Crippen molar-refractivity contribution in [3.8, 4) is 0 Å². The molecule has 1 fully saturated rings. The van der Waals surface area contributed by atoms with Gasteiger partial charge in [0, 0.05) is 6.42 Å². The minimum absolute atomic E-state index is 0.264. The lowest BCUT2D eigenvalue weighted by atomic mass is 9.95. The first-order valence-corrected chi connectivity index (χ1v) is 4.79. The second kappa shape index (κ2) is 3.18. The van der Waals surface area contributed by atoms with Crippen LogP contribution < -0.4 is 0 Å². The maximum absolute atomic E-state index is 9.29. The molecule has 12 heavy (non-hydrogen) atoms. The summed E-state index contributed by atoms with van der Waals surface area (Å²) in [5.74, 6) is 0. The Labute approximate surface area is 86.7 Å². The Bertz CT molecular complexity index is 163. The summed E-state index contributed by atoms with van der Waals surface area (Å²) in [6.45, 7) is 3.56. The fourth-order valence-corrected chi connectivity index (χ4v) is 2.18. The monoisotopic (exact) mass is 232 g/mol. The summed E-state index contributed by atoms with van der Waals surface area (Å²) in [5, 5.41) is 9.29. The van der Waals surface area contributed by atoms with E-state index in [4.69, 9.17) is 39.5 Å². The summed E-state index contributed by atoms with van der Waals surface area (Å²) in [6, 6.07) is 0. The van der Waals surface area contributed by atoms with Gasteiger partial charge in [-0.25, -0.2) is 0 Å². The largest absolute Gasteiger partial charge is 0.365 e. The Morgan fingerprint density at radius 2 is 1.92 bits per heavy atom. The molecule has 0 aromatic carbocycles. The zero-order valence-corrected chi connectivity index (χ0v) is 9.12. The third-order valence-corrected chi connectivity index (χ3v) is 3.20. The predicted octanol–water partition coefficient (Wildman–Crippen LogP) is 2.29. The van der Waals surface area contributed by atoms with Crippen molar-refractivity contribution >= 4 is 34.8 Å². The van der Waals surface area contributed by atoms with Gasteiger partial charge < -0.3 is 9.84 Å².